The molecule has 1 aliphatic heterocycles. The van der Waals surface area contributed by atoms with Gasteiger partial charge in [-0.1, -0.05) is 0 Å². The molecule has 0 saturated carbocycles. The molecule has 1 aliphatic rings. The molecule has 0 radical (unpaired) electrons. The van der Waals surface area contributed by atoms with Crippen molar-refractivity contribution in [2.75, 3.05) is 13.1 Å². The summed E-state index contributed by atoms with van der Waals surface area (Å²) in [6, 6.07) is 7.26. The fourth-order valence-corrected chi connectivity index (χ4v) is 2.92. The van der Waals surface area contributed by atoms with Gasteiger partial charge in [0.1, 0.15) is 29.3 Å². The maximum absolute atomic E-state index is 12.6. The second kappa shape index (κ2) is 6.75. The molecule has 1 fully saturated rings. The highest BCUT2D eigenvalue weighted by molar-refractivity contribution is 5.95. The van der Waals surface area contributed by atoms with Crippen molar-refractivity contribution in [2.24, 2.45) is 0 Å². The minimum absolute atomic E-state index is 0.00153. The Morgan fingerprint density at radius 3 is 2.79 bits per heavy atom. The van der Waals surface area contributed by atoms with Gasteiger partial charge in [0.15, 0.2) is 0 Å². The van der Waals surface area contributed by atoms with Crippen molar-refractivity contribution in [3.8, 4) is 11.9 Å². The molecular weight excluding hydrogens is 306 g/mol. The van der Waals surface area contributed by atoms with Crippen LogP contribution in [0.3, 0.4) is 0 Å². The number of ether oxygens (including phenoxy) is 1. The number of nitriles is 1. The van der Waals surface area contributed by atoms with Crippen LogP contribution in [0.15, 0.2) is 28.8 Å². The first kappa shape index (κ1) is 16.1. The van der Waals surface area contributed by atoms with Gasteiger partial charge in [-0.05, 0) is 32.0 Å². The number of amides is 1. The van der Waals surface area contributed by atoms with Gasteiger partial charge < -0.3 is 14.1 Å². The molecule has 24 heavy (non-hydrogen) atoms. The number of piperidine rings is 1. The number of furan rings is 1. The van der Waals surface area contributed by atoms with Gasteiger partial charge in [-0.15, -0.1) is 0 Å². The number of hydrogen-bond acceptors (Lipinski definition) is 5. The van der Waals surface area contributed by atoms with Crippen LogP contribution in [0.25, 0.3) is 0 Å². The minimum Gasteiger partial charge on any atom is -0.473 e. The van der Waals surface area contributed by atoms with Gasteiger partial charge in [-0.25, -0.2) is 4.98 Å². The van der Waals surface area contributed by atoms with E-state index in [-0.39, 0.29) is 12.0 Å². The summed E-state index contributed by atoms with van der Waals surface area (Å²) >= 11 is 0. The molecule has 6 nitrogen and oxygen atoms in total. The normalized spacial score (nSPS) is 15.1. The van der Waals surface area contributed by atoms with E-state index in [1.54, 1.807) is 31.3 Å². The van der Waals surface area contributed by atoms with Crippen LogP contribution in [0, 0.1) is 25.2 Å². The van der Waals surface area contributed by atoms with Gasteiger partial charge >= 0.3 is 0 Å². The van der Waals surface area contributed by atoms with Crippen LogP contribution in [-0.4, -0.2) is 35.0 Å². The van der Waals surface area contributed by atoms with Gasteiger partial charge in [0, 0.05) is 32.1 Å². The first-order valence-corrected chi connectivity index (χ1v) is 7.96. The van der Waals surface area contributed by atoms with E-state index in [0.29, 0.717) is 48.7 Å². The number of aromatic nitrogens is 1. The Balaban J connectivity index is 1.61. The molecular formula is C18H19N3O3. The number of pyridine rings is 1. The third kappa shape index (κ3) is 3.25. The van der Waals surface area contributed by atoms with Gasteiger partial charge in [0.05, 0.1) is 5.56 Å². The van der Waals surface area contributed by atoms with Crippen molar-refractivity contribution in [1.82, 2.24) is 9.88 Å². The summed E-state index contributed by atoms with van der Waals surface area (Å²) in [5.41, 5.74) is 1.06. The Morgan fingerprint density at radius 1 is 1.42 bits per heavy atom. The molecule has 1 saturated heterocycles. The predicted molar refractivity (Wildman–Crippen MR) is 86.7 cm³/mol. The fraction of sp³-hybridized carbons (Fsp3) is 0.389. The second-order valence-corrected chi connectivity index (χ2v) is 5.90. The lowest BCUT2D eigenvalue weighted by molar-refractivity contribution is 0.0586. The lowest BCUT2D eigenvalue weighted by Crippen LogP contribution is -2.42. The van der Waals surface area contributed by atoms with Crippen molar-refractivity contribution >= 4 is 5.91 Å². The summed E-state index contributed by atoms with van der Waals surface area (Å²) in [5.74, 6) is 1.76. The van der Waals surface area contributed by atoms with Crippen molar-refractivity contribution in [2.45, 2.75) is 32.8 Å². The van der Waals surface area contributed by atoms with Gasteiger partial charge in [-0.2, -0.15) is 5.26 Å². The zero-order valence-corrected chi connectivity index (χ0v) is 13.8. The number of likely N-dealkylation sites (tertiary alicyclic amines) is 1. The van der Waals surface area contributed by atoms with E-state index in [2.05, 4.69) is 11.1 Å². The Kier molecular flexibility index (Phi) is 4.52. The quantitative estimate of drug-likeness (QED) is 0.867. The Bertz CT molecular complexity index is 783. The van der Waals surface area contributed by atoms with Crippen LogP contribution < -0.4 is 4.74 Å². The molecule has 3 rings (SSSR count). The summed E-state index contributed by atoms with van der Waals surface area (Å²) in [5, 5.41) is 9.08. The lowest BCUT2D eigenvalue weighted by atomic mass is 10.1. The maximum Gasteiger partial charge on any atom is 0.257 e. The maximum atomic E-state index is 12.6. The molecule has 0 aromatic carbocycles. The van der Waals surface area contributed by atoms with Gasteiger partial charge in [-0.3, -0.25) is 4.79 Å². The smallest absolute Gasteiger partial charge is 0.257 e. The van der Waals surface area contributed by atoms with Gasteiger partial charge in [0.2, 0.25) is 5.88 Å². The third-order valence-corrected chi connectivity index (χ3v) is 4.17. The molecule has 2 aromatic heterocycles. The van der Waals surface area contributed by atoms with Crippen LogP contribution in [0.2, 0.25) is 0 Å². The molecule has 0 bridgehead atoms. The second-order valence-electron chi connectivity index (χ2n) is 5.90. The number of carbonyl (C=O) groups is 1. The summed E-state index contributed by atoms with van der Waals surface area (Å²) < 4.78 is 11.3. The summed E-state index contributed by atoms with van der Waals surface area (Å²) in [7, 11) is 0. The fourth-order valence-electron chi connectivity index (χ4n) is 2.92. The van der Waals surface area contributed by atoms with E-state index in [1.807, 2.05) is 11.8 Å². The van der Waals surface area contributed by atoms with E-state index in [4.69, 9.17) is 14.4 Å². The number of nitrogens with zero attached hydrogens (tertiary/aromatic N) is 3. The highest BCUT2D eigenvalue weighted by atomic mass is 16.5. The van der Waals surface area contributed by atoms with E-state index in [0.717, 1.165) is 5.76 Å². The molecule has 0 atom stereocenters. The van der Waals surface area contributed by atoms with Crippen LogP contribution >= 0.6 is 0 Å². The zero-order valence-electron chi connectivity index (χ0n) is 13.8. The number of aryl methyl sites for hydroxylation is 2. The monoisotopic (exact) mass is 325 g/mol. The third-order valence-electron chi connectivity index (χ3n) is 4.17. The summed E-state index contributed by atoms with van der Waals surface area (Å²) in [6.07, 6.45) is 2.99. The van der Waals surface area contributed by atoms with E-state index >= 15 is 0 Å². The summed E-state index contributed by atoms with van der Waals surface area (Å²) in [4.78, 5) is 18.5. The number of carbonyl (C=O) groups excluding carboxylic acids is 1. The van der Waals surface area contributed by atoms with E-state index in [9.17, 15) is 4.79 Å². The van der Waals surface area contributed by atoms with E-state index in [1.165, 1.54) is 0 Å². The standard InChI is InChI=1S/C18H19N3O3/c1-12-10-16(13(2)23-12)18(22)21-8-5-15(6-9-21)24-17-14(11-19)4-3-7-20-17/h3-4,7,10,15H,5-6,8-9H2,1-2H3. The van der Waals surface area contributed by atoms with Crippen molar-refractivity contribution in [1.29, 1.82) is 5.26 Å². The zero-order chi connectivity index (χ0) is 17.1. The largest absolute Gasteiger partial charge is 0.473 e. The average Bonchev–Trinajstić information content (AvgIpc) is 2.94. The highest BCUT2D eigenvalue weighted by Gasteiger charge is 2.27. The Hall–Kier alpha value is -2.81. The van der Waals surface area contributed by atoms with E-state index < -0.39 is 0 Å². The molecule has 2 aromatic rings. The average molecular weight is 325 g/mol. The minimum atomic E-state index is -0.0387. The molecule has 124 valence electrons. The van der Waals surface area contributed by atoms with Crippen molar-refractivity contribution in [3.05, 3.63) is 47.0 Å². The Labute approximate surface area is 140 Å². The van der Waals surface area contributed by atoms with Crippen LogP contribution in [-0.2, 0) is 0 Å². The van der Waals surface area contributed by atoms with Crippen molar-refractivity contribution in [3.63, 3.8) is 0 Å². The SMILES string of the molecule is Cc1cc(C(=O)N2CCC(Oc3ncccc3C#N)CC2)c(C)o1. The first-order valence-electron chi connectivity index (χ1n) is 7.96. The molecule has 1 amide bonds. The Morgan fingerprint density at radius 2 is 2.17 bits per heavy atom. The molecule has 0 unspecified atom stereocenters. The number of rotatable bonds is 3. The molecule has 0 spiro atoms. The van der Waals surface area contributed by atoms with Crippen LogP contribution in [0.5, 0.6) is 5.88 Å². The topological polar surface area (TPSA) is 79.4 Å². The van der Waals surface area contributed by atoms with Crippen molar-refractivity contribution < 1.29 is 13.9 Å². The predicted octanol–water partition coefficient (Wildman–Crippen LogP) is 2.85. The first-order chi connectivity index (χ1) is 11.6. The molecule has 6 heteroatoms. The molecule has 3 heterocycles. The highest BCUT2D eigenvalue weighted by Crippen LogP contribution is 2.22. The van der Waals surface area contributed by atoms with Gasteiger partial charge in [0.25, 0.3) is 5.91 Å². The molecule has 0 aliphatic carbocycles. The van der Waals surface area contributed by atoms with Crippen LogP contribution in [0.4, 0.5) is 0 Å². The van der Waals surface area contributed by atoms with Crippen LogP contribution in [0.1, 0.15) is 40.3 Å². The summed E-state index contributed by atoms with van der Waals surface area (Å²) in [6.45, 7) is 4.87. The molecule has 0 N–H and O–H groups in total. The number of hydrogen-bond donors (Lipinski definition) is 0. The lowest BCUT2D eigenvalue weighted by Gasteiger charge is -2.32.